The summed E-state index contributed by atoms with van der Waals surface area (Å²) < 4.78 is 18.7. The molecule has 0 bridgehead atoms. The third-order valence-electron chi connectivity index (χ3n) is 3.56. The average molecular weight is 216 g/mol. The number of likely N-dealkylation sites (tertiary alicyclic amines) is 1. The third kappa shape index (κ3) is 1.96. The lowest BCUT2D eigenvalue weighted by Gasteiger charge is -2.59. The van der Waals surface area contributed by atoms with E-state index in [4.69, 9.17) is 4.78 Å². The van der Waals surface area contributed by atoms with Crippen molar-refractivity contribution in [3.8, 4) is 0 Å². The molecule has 2 aliphatic rings. The lowest BCUT2D eigenvalue weighted by Crippen LogP contribution is -2.62. The second-order valence-electron chi connectivity index (χ2n) is 5.25. The molecule has 1 atom stereocenters. The first-order chi connectivity index (χ1) is 6.42. The Balaban J connectivity index is 1.76. The molecule has 82 valence electrons. The fraction of sp³-hybridized carbons (Fsp3) is 1.00. The third-order valence-corrected chi connectivity index (χ3v) is 4.67. The minimum Gasteiger partial charge on any atom is -0.302 e. The van der Waals surface area contributed by atoms with Gasteiger partial charge in [-0.05, 0) is 30.7 Å². The molecule has 1 aliphatic carbocycles. The molecule has 0 aromatic carbocycles. The van der Waals surface area contributed by atoms with Gasteiger partial charge in [-0.15, -0.1) is 0 Å². The second kappa shape index (κ2) is 3.20. The van der Waals surface area contributed by atoms with Gasteiger partial charge < -0.3 is 4.90 Å². The number of hydrogen-bond donors (Lipinski definition) is 1. The van der Waals surface area contributed by atoms with Gasteiger partial charge in [-0.1, -0.05) is 6.92 Å². The van der Waals surface area contributed by atoms with E-state index in [1.165, 1.54) is 25.9 Å². The van der Waals surface area contributed by atoms with Crippen LogP contribution < -0.4 is 0 Å². The molecule has 4 heteroatoms. The van der Waals surface area contributed by atoms with Crippen molar-refractivity contribution in [3.63, 3.8) is 0 Å². The summed E-state index contributed by atoms with van der Waals surface area (Å²) >= 11 is 0. The summed E-state index contributed by atoms with van der Waals surface area (Å²) in [6.45, 7) is 5.84. The highest BCUT2D eigenvalue weighted by Crippen LogP contribution is 2.51. The Morgan fingerprint density at radius 2 is 2.07 bits per heavy atom. The van der Waals surface area contributed by atoms with Gasteiger partial charge in [0.05, 0.1) is 0 Å². The van der Waals surface area contributed by atoms with Crippen molar-refractivity contribution in [1.82, 2.24) is 4.90 Å². The number of rotatable bonds is 3. The lowest BCUT2D eigenvalue weighted by molar-refractivity contribution is -0.0852. The van der Waals surface area contributed by atoms with Gasteiger partial charge in [0.25, 0.3) is 0 Å². The van der Waals surface area contributed by atoms with Crippen LogP contribution in [0.2, 0.25) is 0 Å². The van der Waals surface area contributed by atoms with E-state index in [1.54, 1.807) is 6.26 Å². The number of nitrogens with one attached hydrogen (secondary N) is 1. The molecule has 14 heavy (non-hydrogen) atoms. The first-order valence-corrected chi connectivity index (χ1v) is 7.50. The summed E-state index contributed by atoms with van der Waals surface area (Å²) in [7, 11) is -2.25. The molecule has 1 N–H and O–H groups in total. The van der Waals surface area contributed by atoms with Crippen LogP contribution in [0.5, 0.6) is 0 Å². The molecule has 2 fully saturated rings. The Labute approximate surface area is 86.8 Å². The Hall–Kier alpha value is -0.0900. The summed E-state index contributed by atoms with van der Waals surface area (Å²) in [4.78, 5) is 2.46. The molecule has 0 radical (unpaired) electrons. The number of hydrogen-bond acceptors (Lipinski definition) is 3. The minimum absolute atomic E-state index is 0.573. The predicted octanol–water partition coefficient (Wildman–Crippen LogP) is 1.39. The van der Waals surface area contributed by atoms with Gasteiger partial charge in [-0.2, -0.15) is 0 Å². The maximum atomic E-state index is 11.3. The van der Waals surface area contributed by atoms with Gasteiger partial charge in [-0.3, -0.25) is 8.99 Å². The second-order valence-corrected chi connectivity index (χ2v) is 7.59. The van der Waals surface area contributed by atoms with Gasteiger partial charge in [-0.25, -0.2) is 0 Å². The van der Waals surface area contributed by atoms with E-state index >= 15 is 0 Å². The Morgan fingerprint density at radius 3 is 2.50 bits per heavy atom. The van der Waals surface area contributed by atoms with Gasteiger partial charge in [0.2, 0.25) is 0 Å². The molecular weight excluding hydrogens is 196 g/mol. The van der Waals surface area contributed by atoms with E-state index in [1.807, 2.05) is 0 Å². The predicted molar refractivity (Wildman–Crippen MR) is 58.9 cm³/mol. The quantitative estimate of drug-likeness (QED) is 0.775. The first-order valence-electron chi connectivity index (χ1n) is 5.36. The standard InChI is InChI=1S/C10H20N2OS/c1-3-12-7-10(8-12)4-9(5-10)6-14(2,11)13/h9,11H,3-8H2,1-2H3. The summed E-state index contributed by atoms with van der Waals surface area (Å²) in [5.74, 6) is 1.20. The summed E-state index contributed by atoms with van der Waals surface area (Å²) in [6, 6.07) is 0. The van der Waals surface area contributed by atoms with Crippen molar-refractivity contribution in [2.75, 3.05) is 31.6 Å². The van der Waals surface area contributed by atoms with Crippen molar-refractivity contribution in [2.45, 2.75) is 19.8 Å². The molecule has 1 saturated heterocycles. The van der Waals surface area contributed by atoms with Crippen molar-refractivity contribution in [2.24, 2.45) is 11.3 Å². The normalized spacial score (nSPS) is 30.7. The zero-order valence-electron chi connectivity index (χ0n) is 9.08. The van der Waals surface area contributed by atoms with Crippen molar-refractivity contribution >= 4 is 9.73 Å². The molecule has 1 unspecified atom stereocenters. The van der Waals surface area contributed by atoms with Crippen LogP contribution in [0.1, 0.15) is 19.8 Å². The van der Waals surface area contributed by atoms with E-state index in [-0.39, 0.29) is 0 Å². The van der Waals surface area contributed by atoms with Crippen LogP contribution >= 0.6 is 0 Å². The maximum absolute atomic E-state index is 11.3. The average Bonchev–Trinajstić information content (AvgIpc) is 1.88. The summed E-state index contributed by atoms with van der Waals surface area (Å²) in [5.41, 5.74) is 0.575. The smallest absolute Gasteiger partial charge is 0.0415 e. The molecule has 2 rings (SSSR count). The molecule has 1 heterocycles. The van der Waals surface area contributed by atoms with E-state index < -0.39 is 9.73 Å². The SMILES string of the molecule is CCN1CC2(CC(CS(C)(=N)=O)C2)C1. The molecule has 1 spiro atoms. The minimum atomic E-state index is -2.25. The molecule has 0 aromatic heterocycles. The van der Waals surface area contributed by atoms with Crippen LogP contribution in [0.3, 0.4) is 0 Å². The molecule has 3 nitrogen and oxygen atoms in total. The molecule has 1 aliphatic heterocycles. The van der Waals surface area contributed by atoms with Gasteiger partial charge >= 0.3 is 0 Å². The summed E-state index contributed by atoms with van der Waals surface area (Å²) in [6.07, 6.45) is 4.00. The molecule has 0 aromatic rings. The topological polar surface area (TPSA) is 44.2 Å². The number of nitrogens with zero attached hydrogens (tertiary/aromatic N) is 1. The van der Waals surface area contributed by atoms with Gasteiger partial charge in [0, 0.05) is 34.8 Å². The monoisotopic (exact) mass is 216 g/mol. The van der Waals surface area contributed by atoms with Crippen LogP contribution in [-0.2, 0) is 9.73 Å². The van der Waals surface area contributed by atoms with E-state index in [9.17, 15) is 4.21 Å². The maximum Gasteiger partial charge on any atom is 0.0415 e. The first kappa shape index (κ1) is 10.4. The molecule has 1 saturated carbocycles. The van der Waals surface area contributed by atoms with Gasteiger partial charge in [0.1, 0.15) is 0 Å². The lowest BCUT2D eigenvalue weighted by atomic mass is 9.58. The summed E-state index contributed by atoms with van der Waals surface area (Å²) in [5, 5.41) is 0. The fourth-order valence-corrected chi connectivity index (χ4v) is 4.25. The van der Waals surface area contributed by atoms with Gasteiger partial charge in [0.15, 0.2) is 0 Å². The zero-order chi connectivity index (χ0) is 10.4. The van der Waals surface area contributed by atoms with E-state index in [0.717, 1.165) is 6.54 Å². The highest BCUT2D eigenvalue weighted by molar-refractivity contribution is 7.91. The van der Waals surface area contributed by atoms with Crippen molar-refractivity contribution in [3.05, 3.63) is 0 Å². The highest BCUT2D eigenvalue weighted by atomic mass is 32.2. The van der Waals surface area contributed by atoms with Crippen molar-refractivity contribution < 1.29 is 4.21 Å². The zero-order valence-corrected chi connectivity index (χ0v) is 9.90. The largest absolute Gasteiger partial charge is 0.302 e. The van der Waals surface area contributed by atoms with Crippen LogP contribution in [0.4, 0.5) is 0 Å². The van der Waals surface area contributed by atoms with Crippen LogP contribution in [-0.4, -0.2) is 40.8 Å². The highest BCUT2D eigenvalue weighted by Gasteiger charge is 2.51. The fourth-order valence-electron chi connectivity index (χ4n) is 3.12. The van der Waals surface area contributed by atoms with Crippen LogP contribution in [0.15, 0.2) is 0 Å². The molecule has 0 amide bonds. The molecular formula is C10H20N2OS. The Kier molecular flexibility index (Phi) is 2.39. The van der Waals surface area contributed by atoms with Crippen molar-refractivity contribution in [1.29, 1.82) is 4.78 Å². The van der Waals surface area contributed by atoms with E-state index in [0.29, 0.717) is 17.1 Å². The van der Waals surface area contributed by atoms with Crippen LogP contribution in [0.25, 0.3) is 0 Å². The Bertz CT molecular complexity index is 309. The van der Waals surface area contributed by atoms with E-state index in [2.05, 4.69) is 11.8 Å². The van der Waals surface area contributed by atoms with Crippen LogP contribution in [0, 0.1) is 16.1 Å². The Morgan fingerprint density at radius 1 is 1.50 bits per heavy atom.